The molecule has 2 rings (SSSR count). The van der Waals surface area contributed by atoms with Crippen LogP contribution >= 0.6 is 11.3 Å². The molecule has 0 radical (unpaired) electrons. The van der Waals surface area contributed by atoms with Crippen molar-refractivity contribution in [1.29, 1.82) is 0 Å². The molecule has 0 aliphatic rings. The molecule has 1 N–H and O–H groups in total. The van der Waals surface area contributed by atoms with Gasteiger partial charge in [0.2, 0.25) is 0 Å². The number of ether oxygens (including phenoxy) is 1. The predicted octanol–water partition coefficient (Wildman–Crippen LogP) is 3.73. The minimum atomic E-state index is -1.33. The molecule has 0 bridgehead atoms. The number of thiophene rings is 1. The predicted molar refractivity (Wildman–Crippen MR) is 71.4 cm³/mol. The third kappa shape index (κ3) is 3.12. The molecule has 2 aromatic rings. The summed E-state index contributed by atoms with van der Waals surface area (Å²) in [7, 11) is 0. The van der Waals surface area contributed by atoms with Crippen molar-refractivity contribution in [2.45, 2.75) is 20.0 Å². The largest absolute Gasteiger partial charge is 0.487 e. The van der Waals surface area contributed by atoms with Crippen molar-refractivity contribution in [3.05, 3.63) is 51.5 Å². The van der Waals surface area contributed by atoms with Crippen molar-refractivity contribution in [2.75, 3.05) is 0 Å². The molecule has 5 heteroatoms. The Hall–Kier alpha value is -1.88. The quantitative estimate of drug-likeness (QED) is 0.907. The Morgan fingerprint density at radius 2 is 2.05 bits per heavy atom. The summed E-state index contributed by atoms with van der Waals surface area (Å²) in [6.45, 7) is 2.31. The molecular formula is C14H13FO3S. The van der Waals surface area contributed by atoms with Gasteiger partial charge in [-0.15, -0.1) is 11.3 Å². The van der Waals surface area contributed by atoms with Crippen molar-refractivity contribution < 1.29 is 19.0 Å². The molecule has 3 nitrogen and oxygen atoms in total. The number of benzene rings is 1. The number of carbonyl (C=O) groups is 1. The van der Waals surface area contributed by atoms with Gasteiger partial charge >= 0.3 is 5.97 Å². The third-order valence-electron chi connectivity index (χ3n) is 2.62. The molecule has 100 valence electrons. The summed E-state index contributed by atoms with van der Waals surface area (Å²) >= 11 is 1.60. The van der Waals surface area contributed by atoms with Crippen LogP contribution in [0.5, 0.6) is 5.75 Å². The van der Waals surface area contributed by atoms with Crippen LogP contribution in [0.15, 0.2) is 30.3 Å². The molecule has 0 amide bonds. The number of carboxylic acids is 1. The van der Waals surface area contributed by atoms with Gasteiger partial charge in [-0.3, -0.25) is 0 Å². The highest BCUT2D eigenvalue weighted by Crippen LogP contribution is 2.24. The summed E-state index contributed by atoms with van der Waals surface area (Å²) in [5, 5.41) is 8.97. The first-order chi connectivity index (χ1) is 9.11. The van der Waals surface area contributed by atoms with E-state index in [4.69, 9.17) is 9.84 Å². The van der Waals surface area contributed by atoms with Crippen LogP contribution in [0.1, 0.15) is 27.0 Å². The van der Waals surface area contributed by atoms with Crippen LogP contribution in [0.4, 0.5) is 4.39 Å². The van der Waals surface area contributed by atoms with Gasteiger partial charge in [0.1, 0.15) is 23.7 Å². The second-order valence-electron chi connectivity index (χ2n) is 3.93. The summed E-state index contributed by atoms with van der Waals surface area (Å²) in [6.07, 6.45) is 0.949. The Bertz CT molecular complexity index is 592. The van der Waals surface area contributed by atoms with Crippen LogP contribution in [0.3, 0.4) is 0 Å². The number of rotatable bonds is 5. The fraction of sp³-hybridized carbons (Fsp3) is 0.214. The van der Waals surface area contributed by atoms with E-state index in [1.54, 1.807) is 11.3 Å². The molecule has 0 atom stereocenters. The molecule has 0 fully saturated rings. The summed E-state index contributed by atoms with van der Waals surface area (Å²) in [4.78, 5) is 13.2. The second-order valence-corrected chi connectivity index (χ2v) is 5.18. The average Bonchev–Trinajstić information content (AvgIpc) is 2.83. The van der Waals surface area contributed by atoms with Crippen molar-refractivity contribution >= 4 is 17.3 Å². The first kappa shape index (κ1) is 13.5. The lowest BCUT2D eigenvalue weighted by molar-refractivity contribution is 0.0686. The van der Waals surface area contributed by atoms with Gasteiger partial charge in [-0.1, -0.05) is 13.0 Å². The molecule has 0 aliphatic carbocycles. The number of hydrogen-bond donors (Lipinski definition) is 1. The van der Waals surface area contributed by atoms with Gasteiger partial charge < -0.3 is 9.84 Å². The van der Waals surface area contributed by atoms with Crippen LogP contribution in [-0.2, 0) is 13.0 Å². The highest BCUT2D eigenvalue weighted by atomic mass is 32.1. The standard InChI is InChI=1S/C14H13FO3S/c1-2-9-6-7-10(19-9)8-18-12-5-3-4-11(15)13(12)14(16)17/h3-7H,2,8H2,1H3,(H,16,17). The molecule has 0 unspecified atom stereocenters. The molecule has 0 saturated carbocycles. The number of aryl methyl sites for hydroxylation is 1. The lowest BCUT2D eigenvalue weighted by Crippen LogP contribution is -2.05. The molecule has 1 aromatic carbocycles. The third-order valence-corrected chi connectivity index (χ3v) is 3.83. The lowest BCUT2D eigenvalue weighted by atomic mass is 10.2. The van der Waals surface area contributed by atoms with E-state index < -0.39 is 17.3 Å². The van der Waals surface area contributed by atoms with Gasteiger partial charge in [0.25, 0.3) is 0 Å². The molecule has 1 aromatic heterocycles. The SMILES string of the molecule is CCc1ccc(COc2cccc(F)c2C(=O)O)s1. The van der Waals surface area contributed by atoms with Gasteiger partial charge in [0.05, 0.1) is 0 Å². The van der Waals surface area contributed by atoms with Gasteiger partial charge in [-0.25, -0.2) is 9.18 Å². The van der Waals surface area contributed by atoms with E-state index in [1.807, 2.05) is 12.1 Å². The molecule has 0 spiro atoms. The van der Waals surface area contributed by atoms with E-state index in [2.05, 4.69) is 6.92 Å². The summed E-state index contributed by atoms with van der Waals surface area (Å²) in [6, 6.07) is 7.94. The molecule has 1 heterocycles. The molecular weight excluding hydrogens is 267 g/mol. The number of carboxylic acid groups (broad SMARTS) is 1. The average molecular weight is 280 g/mol. The summed E-state index contributed by atoms with van der Waals surface area (Å²) in [5.74, 6) is -2.06. The monoisotopic (exact) mass is 280 g/mol. The zero-order valence-corrected chi connectivity index (χ0v) is 11.2. The Labute approximate surface area is 114 Å². The van der Waals surface area contributed by atoms with Crippen molar-refractivity contribution in [3.63, 3.8) is 0 Å². The fourth-order valence-corrected chi connectivity index (χ4v) is 2.54. The van der Waals surface area contributed by atoms with E-state index in [0.717, 1.165) is 17.4 Å². The van der Waals surface area contributed by atoms with E-state index in [1.165, 1.54) is 17.0 Å². The number of hydrogen-bond acceptors (Lipinski definition) is 3. The first-order valence-corrected chi connectivity index (χ1v) is 6.65. The highest BCUT2D eigenvalue weighted by molar-refractivity contribution is 7.11. The van der Waals surface area contributed by atoms with Crippen LogP contribution in [0, 0.1) is 5.82 Å². The smallest absolute Gasteiger partial charge is 0.342 e. The summed E-state index contributed by atoms with van der Waals surface area (Å²) < 4.78 is 18.8. The van der Waals surface area contributed by atoms with Crippen LogP contribution in [0.2, 0.25) is 0 Å². The number of halogens is 1. The van der Waals surface area contributed by atoms with E-state index >= 15 is 0 Å². The van der Waals surface area contributed by atoms with Gasteiger partial charge in [-0.05, 0) is 30.7 Å². The van der Waals surface area contributed by atoms with Crippen molar-refractivity contribution in [2.24, 2.45) is 0 Å². The maximum Gasteiger partial charge on any atom is 0.342 e. The fourth-order valence-electron chi connectivity index (χ4n) is 1.67. The topological polar surface area (TPSA) is 46.5 Å². The van der Waals surface area contributed by atoms with E-state index in [9.17, 15) is 9.18 Å². The van der Waals surface area contributed by atoms with Crippen LogP contribution in [0.25, 0.3) is 0 Å². The summed E-state index contributed by atoms with van der Waals surface area (Å²) in [5.41, 5.74) is -0.422. The zero-order chi connectivity index (χ0) is 13.8. The molecule has 19 heavy (non-hydrogen) atoms. The first-order valence-electron chi connectivity index (χ1n) is 5.84. The van der Waals surface area contributed by atoms with Gasteiger partial charge in [-0.2, -0.15) is 0 Å². The highest BCUT2D eigenvalue weighted by Gasteiger charge is 2.16. The molecule has 0 aliphatic heterocycles. The van der Waals surface area contributed by atoms with Crippen LogP contribution < -0.4 is 4.74 Å². The minimum Gasteiger partial charge on any atom is -0.487 e. The maximum atomic E-state index is 13.4. The maximum absolute atomic E-state index is 13.4. The van der Waals surface area contributed by atoms with E-state index in [-0.39, 0.29) is 12.4 Å². The Morgan fingerprint density at radius 1 is 1.32 bits per heavy atom. The second kappa shape index (κ2) is 5.84. The normalized spacial score (nSPS) is 10.4. The van der Waals surface area contributed by atoms with Crippen LogP contribution in [-0.4, -0.2) is 11.1 Å². The van der Waals surface area contributed by atoms with Gasteiger partial charge in [0, 0.05) is 9.75 Å². The Kier molecular flexibility index (Phi) is 4.16. The lowest BCUT2D eigenvalue weighted by Gasteiger charge is -2.08. The van der Waals surface area contributed by atoms with Crippen molar-refractivity contribution in [3.8, 4) is 5.75 Å². The van der Waals surface area contributed by atoms with E-state index in [0.29, 0.717) is 0 Å². The van der Waals surface area contributed by atoms with Crippen molar-refractivity contribution in [1.82, 2.24) is 0 Å². The minimum absolute atomic E-state index is 0.0546. The Morgan fingerprint density at radius 3 is 2.68 bits per heavy atom. The zero-order valence-electron chi connectivity index (χ0n) is 10.4. The van der Waals surface area contributed by atoms with Gasteiger partial charge in [0.15, 0.2) is 0 Å². The molecule has 0 saturated heterocycles. The number of aromatic carboxylic acids is 1. The Balaban J connectivity index is 2.15.